The van der Waals surface area contributed by atoms with Crippen LogP contribution in [0.3, 0.4) is 0 Å². The lowest BCUT2D eigenvalue weighted by Gasteiger charge is -2.41. The molecule has 15 heavy (non-hydrogen) atoms. The van der Waals surface area contributed by atoms with Crippen molar-refractivity contribution in [2.24, 2.45) is 11.7 Å². The molecule has 0 saturated heterocycles. The van der Waals surface area contributed by atoms with Gasteiger partial charge in [-0.05, 0) is 38.5 Å². The largest absolute Gasteiger partial charge is 0.417 e. The molecule has 2 nitrogen and oxygen atoms in total. The summed E-state index contributed by atoms with van der Waals surface area (Å²) in [6, 6.07) is 0.0515. The van der Waals surface area contributed by atoms with E-state index in [9.17, 15) is 13.2 Å². The average Bonchev–Trinajstić information content (AvgIpc) is 2.16. The maximum Gasteiger partial charge on any atom is 0.417 e. The predicted octanol–water partition coefficient (Wildman–Crippen LogP) is 2.47. The van der Waals surface area contributed by atoms with Gasteiger partial charge in [-0.15, -0.1) is 0 Å². The Labute approximate surface area is 88.0 Å². The third kappa shape index (κ3) is 2.45. The Bertz CT molecular complexity index is 211. The van der Waals surface area contributed by atoms with Crippen LogP contribution in [-0.2, 0) is 4.74 Å². The van der Waals surface area contributed by atoms with Crippen molar-refractivity contribution < 1.29 is 17.9 Å². The fraction of sp³-hybridized carbons (Fsp3) is 1.00. The van der Waals surface area contributed by atoms with Gasteiger partial charge in [0, 0.05) is 13.2 Å². The molecule has 1 fully saturated rings. The van der Waals surface area contributed by atoms with Gasteiger partial charge in [0.2, 0.25) is 0 Å². The van der Waals surface area contributed by atoms with Gasteiger partial charge < -0.3 is 10.5 Å². The number of nitrogens with two attached hydrogens (primary N) is 1. The molecule has 0 aromatic rings. The molecule has 0 aromatic heterocycles. The molecular weight excluding hydrogens is 207 g/mol. The van der Waals surface area contributed by atoms with E-state index in [0.717, 1.165) is 14.0 Å². The first-order chi connectivity index (χ1) is 6.81. The Hall–Kier alpha value is -0.290. The second kappa shape index (κ2) is 4.29. The van der Waals surface area contributed by atoms with Crippen LogP contribution in [0.15, 0.2) is 0 Å². The highest BCUT2D eigenvalue weighted by atomic mass is 19.4. The molecule has 0 aliphatic heterocycles. The fourth-order valence-electron chi connectivity index (χ4n) is 2.18. The molecule has 0 amide bonds. The summed E-state index contributed by atoms with van der Waals surface area (Å²) >= 11 is 0. The van der Waals surface area contributed by atoms with E-state index in [4.69, 9.17) is 10.5 Å². The highest BCUT2D eigenvalue weighted by Crippen LogP contribution is 2.44. The standard InChI is InChI=1S/C10H18F3NO/c1-9(15-2,10(11,12)13)7-3-5-8(14)6-4-7/h7-8H,3-6,14H2,1-2H3. The molecular formula is C10H18F3NO. The monoisotopic (exact) mass is 225 g/mol. The molecule has 1 unspecified atom stereocenters. The van der Waals surface area contributed by atoms with Crippen LogP contribution < -0.4 is 5.73 Å². The normalized spacial score (nSPS) is 32.4. The summed E-state index contributed by atoms with van der Waals surface area (Å²) < 4.78 is 43.2. The third-order valence-electron chi connectivity index (χ3n) is 3.54. The lowest BCUT2D eigenvalue weighted by molar-refractivity contribution is -0.284. The summed E-state index contributed by atoms with van der Waals surface area (Å²) in [5.74, 6) is -0.470. The molecule has 90 valence electrons. The minimum Gasteiger partial charge on any atom is -0.369 e. The Morgan fingerprint density at radius 3 is 1.93 bits per heavy atom. The van der Waals surface area contributed by atoms with Crippen molar-refractivity contribution in [1.29, 1.82) is 0 Å². The van der Waals surface area contributed by atoms with Crippen molar-refractivity contribution in [3.63, 3.8) is 0 Å². The lowest BCUT2D eigenvalue weighted by atomic mass is 9.76. The van der Waals surface area contributed by atoms with Gasteiger partial charge in [-0.25, -0.2) is 0 Å². The maximum absolute atomic E-state index is 12.8. The molecule has 0 aromatic carbocycles. The lowest BCUT2D eigenvalue weighted by Crippen LogP contribution is -2.52. The zero-order valence-electron chi connectivity index (χ0n) is 9.10. The van der Waals surface area contributed by atoms with E-state index in [-0.39, 0.29) is 6.04 Å². The molecule has 2 N–H and O–H groups in total. The number of alkyl halides is 3. The van der Waals surface area contributed by atoms with Gasteiger partial charge in [0.15, 0.2) is 5.60 Å². The molecule has 1 aliphatic rings. The smallest absolute Gasteiger partial charge is 0.369 e. The van der Waals surface area contributed by atoms with E-state index in [0.29, 0.717) is 25.7 Å². The molecule has 0 spiro atoms. The van der Waals surface area contributed by atoms with E-state index in [1.807, 2.05) is 0 Å². The summed E-state index contributed by atoms with van der Waals surface area (Å²) in [5.41, 5.74) is 3.65. The molecule has 0 bridgehead atoms. The third-order valence-corrected chi connectivity index (χ3v) is 3.54. The van der Waals surface area contributed by atoms with Gasteiger partial charge in [0.05, 0.1) is 0 Å². The van der Waals surface area contributed by atoms with Crippen LogP contribution in [0.25, 0.3) is 0 Å². The van der Waals surface area contributed by atoms with Crippen molar-refractivity contribution in [3.05, 3.63) is 0 Å². The van der Waals surface area contributed by atoms with Crippen LogP contribution in [0.1, 0.15) is 32.6 Å². The minimum atomic E-state index is -4.31. The van der Waals surface area contributed by atoms with Gasteiger partial charge in [0.1, 0.15) is 0 Å². The van der Waals surface area contributed by atoms with E-state index in [1.165, 1.54) is 0 Å². The van der Waals surface area contributed by atoms with E-state index < -0.39 is 17.7 Å². The summed E-state index contributed by atoms with van der Waals surface area (Å²) in [4.78, 5) is 0. The Morgan fingerprint density at radius 1 is 1.13 bits per heavy atom. The second-order valence-corrected chi connectivity index (χ2v) is 4.42. The first kappa shape index (κ1) is 12.8. The van der Waals surface area contributed by atoms with E-state index in [2.05, 4.69) is 0 Å². The summed E-state index contributed by atoms with van der Waals surface area (Å²) in [7, 11) is 1.13. The van der Waals surface area contributed by atoms with Crippen LogP contribution >= 0.6 is 0 Å². The van der Waals surface area contributed by atoms with Crippen LogP contribution in [-0.4, -0.2) is 24.9 Å². The van der Waals surface area contributed by atoms with E-state index >= 15 is 0 Å². The number of methoxy groups -OCH3 is 1. The molecule has 1 atom stereocenters. The molecule has 1 aliphatic carbocycles. The first-order valence-electron chi connectivity index (χ1n) is 5.18. The summed E-state index contributed by atoms with van der Waals surface area (Å²) in [6.07, 6.45) is -2.02. The Morgan fingerprint density at radius 2 is 1.60 bits per heavy atom. The molecule has 1 rings (SSSR count). The van der Waals surface area contributed by atoms with Gasteiger partial charge in [0.25, 0.3) is 0 Å². The quantitative estimate of drug-likeness (QED) is 0.783. The first-order valence-corrected chi connectivity index (χ1v) is 5.18. The molecule has 0 heterocycles. The van der Waals surface area contributed by atoms with Crippen LogP contribution in [0.5, 0.6) is 0 Å². The highest BCUT2D eigenvalue weighted by Gasteiger charge is 2.56. The number of halogens is 3. The average molecular weight is 225 g/mol. The Kier molecular flexibility index (Phi) is 3.66. The zero-order chi connectivity index (χ0) is 11.7. The van der Waals surface area contributed by atoms with Gasteiger partial charge in [-0.1, -0.05) is 0 Å². The second-order valence-electron chi connectivity index (χ2n) is 4.42. The van der Waals surface area contributed by atoms with Crippen LogP contribution in [0, 0.1) is 5.92 Å². The van der Waals surface area contributed by atoms with Gasteiger partial charge >= 0.3 is 6.18 Å². The van der Waals surface area contributed by atoms with Crippen molar-refractivity contribution in [1.82, 2.24) is 0 Å². The van der Waals surface area contributed by atoms with Crippen molar-refractivity contribution in [2.75, 3.05) is 7.11 Å². The maximum atomic E-state index is 12.8. The highest BCUT2D eigenvalue weighted by molar-refractivity contribution is 4.93. The number of rotatable bonds is 2. The predicted molar refractivity (Wildman–Crippen MR) is 51.4 cm³/mol. The SMILES string of the molecule is COC(C)(C1CCC(N)CC1)C(F)(F)F. The Balaban J connectivity index is 2.74. The molecule has 5 heteroatoms. The van der Waals surface area contributed by atoms with Crippen molar-refractivity contribution in [3.8, 4) is 0 Å². The van der Waals surface area contributed by atoms with Crippen molar-refractivity contribution >= 4 is 0 Å². The topological polar surface area (TPSA) is 35.2 Å². The van der Waals surface area contributed by atoms with Gasteiger partial charge in [-0.2, -0.15) is 13.2 Å². The summed E-state index contributed by atoms with van der Waals surface area (Å²) in [5, 5.41) is 0. The fourth-order valence-corrected chi connectivity index (χ4v) is 2.18. The number of ether oxygens (including phenoxy) is 1. The summed E-state index contributed by atoms with van der Waals surface area (Å²) in [6.45, 7) is 1.13. The molecule has 0 radical (unpaired) electrons. The van der Waals surface area contributed by atoms with Crippen LogP contribution in [0.2, 0.25) is 0 Å². The number of hydrogen-bond acceptors (Lipinski definition) is 2. The number of hydrogen-bond donors (Lipinski definition) is 1. The zero-order valence-corrected chi connectivity index (χ0v) is 9.10. The van der Waals surface area contributed by atoms with E-state index in [1.54, 1.807) is 0 Å². The molecule has 1 saturated carbocycles. The van der Waals surface area contributed by atoms with Crippen LogP contribution in [0.4, 0.5) is 13.2 Å². The van der Waals surface area contributed by atoms with Crippen molar-refractivity contribution in [2.45, 2.75) is 50.4 Å². The van der Waals surface area contributed by atoms with Gasteiger partial charge in [-0.3, -0.25) is 0 Å². The minimum absolute atomic E-state index is 0.0515.